The average molecular weight is 315 g/mol. The molecule has 0 aliphatic heterocycles. The predicted octanol–water partition coefficient (Wildman–Crippen LogP) is 3.57. The first-order valence-corrected chi connectivity index (χ1v) is 7.76. The first-order chi connectivity index (χ1) is 11.0. The molecule has 0 radical (unpaired) electrons. The van der Waals surface area contributed by atoms with Crippen LogP contribution in [0.3, 0.4) is 0 Å². The van der Waals surface area contributed by atoms with E-state index in [9.17, 15) is 9.18 Å². The van der Waals surface area contributed by atoms with Crippen molar-refractivity contribution < 1.29 is 13.9 Å². The molecule has 0 saturated heterocycles. The van der Waals surface area contributed by atoms with E-state index in [2.05, 4.69) is 11.4 Å². The molecule has 23 heavy (non-hydrogen) atoms. The van der Waals surface area contributed by atoms with Gasteiger partial charge in [0.25, 0.3) is 0 Å². The Bertz CT molecular complexity index is 653. The van der Waals surface area contributed by atoms with Crippen LogP contribution in [-0.4, -0.2) is 19.1 Å². The Balaban J connectivity index is 1.65. The molecular formula is C19H22FNO2. The molecule has 1 N–H and O–H groups in total. The molecule has 0 heterocycles. The number of aryl methyl sites for hydroxylation is 3. The molecule has 0 saturated carbocycles. The summed E-state index contributed by atoms with van der Waals surface area (Å²) in [5.74, 6) is 0.552. The van der Waals surface area contributed by atoms with Crippen molar-refractivity contribution in [3.63, 3.8) is 0 Å². The van der Waals surface area contributed by atoms with Gasteiger partial charge in [0.15, 0.2) is 0 Å². The number of rotatable bonds is 7. The zero-order valence-electron chi connectivity index (χ0n) is 13.6. The van der Waals surface area contributed by atoms with Gasteiger partial charge in [-0.3, -0.25) is 4.79 Å². The van der Waals surface area contributed by atoms with Crippen LogP contribution in [0, 0.1) is 19.7 Å². The molecule has 0 spiro atoms. The normalized spacial score (nSPS) is 10.4. The first kappa shape index (κ1) is 17.0. The van der Waals surface area contributed by atoms with Crippen LogP contribution >= 0.6 is 0 Å². The number of amides is 1. The van der Waals surface area contributed by atoms with Gasteiger partial charge in [0.2, 0.25) is 5.91 Å². The first-order valence-electron chi connectivity index (χ1n) is 7.76. The highest BCUT2D eigenvalue weighted by Gasteiger charge is 2.03. The third-order valence-corrected chi connectivity index (χ3v) is 3.57. The summed E-state index contributed by atoms with van der Waals surface area (Å²) >= 11 is 0. The third-order valence-electron chi connectivity index (χ3n) is 3.57. The number of carbonyl (C=O) groups excluding carboxylic acids is 1. The molecular weight excluding hydrogens is 293 g/mol. The molecule has 2 aromatic rings. The maximum absolute atomic E-state index is 12.8. The largest absolute Gasteiger partial charge is 0.491 e. The van der Waals surface area contributed by atoms with Gasteiger partial charge in [-0.2, -0.15) is 0 Å². The standard InChI is InChI=1S/C19H22FNO2/c1-14-3-9-18(15(2)13-14)23-12-11-21-19(22)10-6-16-4-7-17(20)8-5-16/h3-5,7-9,13H,6,10-12H2,1-2H3,(H,21,22). The third kappa shape index (κ3) is 5.74. The minimum absolute atomic E-state index is 0.0291. The van der Waals surface area contributed by atoms with E-state index in [0.717, 1.165) is 16.9 Å². The summed E-state index contributed by atoms with van der Waals surface area (Å²) < 4.78 is 18.5. The van der Waals surface area contributed by atoms with Crippen LogP contribution in [0.4, 0.5) is 4.39 Å². The maximum Gasteiger partial charge on any atom is 0.220 e. The van der Waals surface area contributed by atoms with Crippen molar-refractivity contribution in [2.24, 2.45) is 0 Å². The molecule has 3 nitrogen and oxygen atoms in total. The summed E-state index contributed by atoms with van der Waals surface area (Å²) in [6.07, 6.45) is 0.985. The van der Waals surface area contributed by atoms with E-state index in [1.165, 1.54) is 17.7 Å². The van der Waals surface area contributed by atoms with Gasteiger partial charge in [-0.1, -0.05) is 29.8 Å². The lowest BCUT2D eigenvalue weighted by Crippen LogP contribution is -2.28. The number of ether oxygens (including phenoxy) is 1. The fourth-order valence-corrected chi connectivity index (χ4v) is 2.31. The molecule has 0 atom stereocenters. The van der Waals surface area contributed by atoms with Crippen LogP contribution in [0.1, 0.15) is 23.1 Å². The Morgan fingerprint density at radius 1 is 1.13 bits per heavy atom. The minimum Gasteiger partial charge on any atom is -0.491 e. The molecule has 2 aromatic carbocycles. The molecule has 122 valence electrons. The second-order valence-corrected chi connectivity index (χ2v) is 5.59. The Hall–Kier alpha value is -2.36. The molecule has 0 unspecified atom stereocenters. The van der Waals surface area contributed by atoms with Crippen molar-refractivity contribution >= 4 is 5.91 Å². The number of hydrogen-bond donors (Lipinski definition) is 1. The molecule has 2 rings (SSSR count). The number of hydrogen-bond acceptors (Lipinski definition) is 2. The smallest absolute Gasteiger partial charge is 0.220 e. The maximum atomic E-state index is 12.8. The molecule has 0 fully saturated rings. The fraction of sp³-hybridized carbons (Fsp3) is 0.316. The van der Waals surface area contributed by atoms with E-state index in [1.54, 1.807) is 12.1 Å². The Kier molecular flexibility index (Phi) is 6.15. The number of benzene rings is 2. The monoisotopic (exact) mass is 315 g/mol. The SMILES string of the molecule is Cc1ccc(OCCNC(=O)CCc2ccc(F)cc2)c(C)c1. The molecule has 1 amide bonds. The highest BCUT2D eigenvalue weighted by molar-refractivity contribution is 5.76. The number of carbonyl (C=O) groups is 1. The summed E-state index contributed by atoms with van der Waals surface area (Å²) in [5.41, 5.74) is 3.24. The Morgan fingerprint density at radius 2 is 1.87 bits per heavy atom. The number of halogens is 1. The van der Waals surface area contributed by atoms with Crippen molar-refractivity contribution in [1.82, 2.24) is 5.32 Å². The highest BCUT2D eigenvalue weighted by Crippen LogP contribution is 2.18. The predicted molar refractivity (Wildman–Crippen MR) is 89.1 cm³/mol. The molecule has 0 bridgehead atoms. The summed E-state index contributed by atoms with van der Waals surface area (Å²) in [6, 6.07) is 12.2. The van der Waals surface area contributed by atoms with Crippen molar-refractivity contribution in [2.75, 3.05) is 13.2 Å². The van der Waals surface area contributed by atoms with E-state index in [1.807, 2.05) is 26.0 Å². The van der Waals surface area contributed by atoms with Crippen molar-refractivity contribution in [1.29, 1.82) is 0 Å². The van der Waals surface area contributed by atoms with Crippen LogP contribution < -0.4 is 10.1 Å². The van der Waals surface area contributed by atoms with E-state index in [0.29, 0.717) is 26.0 Å². The van der Waals surface area contributed by atoms with Crippen LogP contribution in [0.5, 0.6) is 5.75 Å². The Morgan fingerprint density at radius 3 is 2.57 bits per heavy atom. The molecule has 0 aliphatic rings. The number of nitrogens with one attached hydrogen (secondary N) is 1. The van der Waals surface area contributed by atoms with Gasteiger partial charge in [0.05, 0.1) is 6.54 Å². The van der Waals surface area contributed by atoms with Gasteiger partial charge in [-0.15, -0.1) is 0 Å². The van der Waals surface area contributed by atoms with Crippen LogP contribution in [0.2, 0.25) is 0 Å². The topological polar surface area (TPSA) is 38.3 Å². The van der Waals surface area contributed by atoms with Crippen LogP contribution in [0.15, 0.2) is 42.5 Å². The molecule has 0 aliphatic carbocycles. The zero-order valence-corrected chi connectivity index (χ0v) is 13.6. The second kappa shape index (κ2) is 8.32. The van der Waals surface area contributed by atoms with Gasteiger partial charge in [-0.25, -0.2) is 4.39 Å². The van der Waals surface area contributed by atoms with Gasteiger partial charge in [0.1, 0.15) is 18.2 Å². The second-order valence-electron chi connectivity index (χ2n) is 5.59. The van der Waals surface area contributed by atoms with Crippen molar-refractivity contribution in [3.05, 3.63) is 65.0 Å². The highest BCUT2D eigenvalue weighted by atomic mass is 19.1. The van der Waals surface area contributed by atoms with E-state index < -0.39 is 0 Å². The fourth-order valence-electron chi connectivity index (χ4n) is 2.31. The molecule has 4 heteroatoms. The van der Waals surface area contributed by atoms with E-state index in [-0.39, 0.29) is 11.7 Å². The summed E-state index contributed by atoms with van der Waals surface area (Å²) in [7, 11) is 0. The Labute approximate surface area is 136 Å². The lowest BCUT2D eigenvalue weighted by Gasteiger charge is -2.10. The summed E-state index contributed by atoms with van der Waals surface area (Å²) in [6.45, 7) is 4.95. The van der Waals surface area contributed by atoms with Crippen LogP contribution in [-0.2, 0) is 11.2 Å². The summed E-state index contributed by atoms with van der Waals surface area (Å²) in [5, 5.41) is 2.83. The van der Waals surface area contributed by atoms with E-state index in [4.69, 9.17) is 4.74 Å². The van der Waals surface area contributed by atoms with Gasteiger partial charge < -0.3 is 10.1 Å². The van der Waals surface area contributed by atoms with Gasteiger partial charge in [-0.05, 0) is 49.6 Å². The average Bonchev–Trinajstić information content (AvgIpc) is 2.52. The van der Waals surface area contributed by atoms with Gasteiger partial charge >= 0.3 is 0 Å². The van der Waals surface area contributed by atoms with Gasteiger partial charge in [0, 0.05) is 6.42 Å². The quantitative estimate of drug-likeness (QED) is 0.793. The van der Waals surface area contributed by atoms with E-state index >= 15 is 0 Å². The van der Waals surface area contributed by atoms with Crippen LogP contribution in [0.25, 0.3) is 0 Å². The minimum atomic E-state index is -0.262. The van der Waals surface area contributed by atoms with Crippen molar-refractivity contribution in [3.8, 4) is 5.75 Å². The molecule has 0 aromatic heterocycles. The lowest BCUT2D eigenvalue weighted by atomic mass is 10.1. The zero-order chi connectivity index (χ0) is 16.7. The lowest BCUT2D eigenvalue weighted by molar-refractivity contribution is -0.121. The van der Waals surface area contributed by atoms with Crippen molar-refractivity contribution in [2.45, 2.75) is 26.7 Å². The summed E-state index contributed by atoms with van der Waals surface area (Å²) in [4.78, 5) is 11.8.